The van der Waals surface area contributed by atoms with Gasteiger partial charge in [-0.25, -0.2) is 9.59 Å². The van der Waals surface area contributed by atoms with Gasteiger partial charge < -0.3 is 9.84 Å². The van der Waals surface area contributed by atoms with Crippen LogP contribution in [-0.4, -0.2) is 28.1 Å². The van der Waals surface area contributed by atoms with Crippen molar-refractivity contribution in [2.45, 2.75) is 25.6 Å². The van der Waals surface area contributed by atoms with Crippen molar-refractivity contribution in [2.24, 2.45) is 0 Å². The zero-order chi connectivity index (χ0) is 20.5. The number of rotatable bonds is 8. The van der Waals surface area contributed by atoms with Gasteiger partial charge >= 0.3 is 12.1 Å². The van der Waals surface area contributed by atoms with Crippen molar-refractivity contribution in [3.63, 3.8) is 0 Å². The van der Waals surface area contributed by atoms with Gasteiger partial charge in [0.25, 0.3) is 0 Å². The lowest BCUT2D eigenvalue weighted by molar-refractivity contribution is -0.143. The molecule has 1 unspecified atom stereocenters. The van der Waals surface area contributed by atoms with Crippen LogP contribution in [0.25, 0.3) is 0 Å². The van der Waals surface area contributed by atoms with E-state index in [-0.39, 0.29) is 19.6 Å². The van der Waals surface area contributed by atoms with Gasteiger partial charge in [0, 0.05) is 13.0 Å². The fourth-order valence-electron chi connectivity index (χ4n) is 3.05. The molecule has 148 valence electrons. The van der Waals surface area contributed by atoms with E-state index in [1.54, 1.807) is 0 Å². The van der Waals surface area contributed by atoms with Crippen LogP contribution >= 0.6 is 0 Å². The van der Waals surface area contributed by atoms with Gasteiger partial charge in [0.05, 0.1) is 0 Å². The van der Waals surface area contributed by atoms with E-state index >= 15 is 0 Å². The number of carboxylic acid groups (broad SMARTS) is 1. The van der Waals surface area contributed by atoms with E-state index in [2.05, 4.69) is 0 Å². The van der Waals surface area contributed by atoms with Crippen LogP contribution in [0, 0.1) is 0 Å². The minimum atomic E-state index is -1.07. The average molecular weight is 389 g/mol. The molecule has 5 nitrogen and oxygen atoms in total. The van der Waals surface area contributed by atoms with Crippen molar-refractivity contribution in [3.05, 3.63) is 108 Å². The highest BCUT2D eigenvalue weighted by molar-refractivity contribution is 5.80. The van der Waals surface area contributed by atoms with Crippen molar-refractivity contribution >= 4 is 12.1 Å². The van der Waals surface area contributed by atoms with E-state index in [1.807, 2.05) is 91.0 Å². The van der Waals surface area contributed by atoms with Gasteiger partial charge in [-0.3, -0.25) is 4.90 Å². The second-order valence-electron chi connectivity index (χ2n) is 6.70. The molecule has 0 bridgehead atoms. The molecule has 0 radical (unpaired) electrons. The lowest BCUT2D eigenvalue weighted by atomic mass is 10.0. The first-order valence-electron chi connectivity index (χ1n) is 9.41. The molecular formula is C24H23NO4. The highest BCUT2D eigenvalue weighted by Gasteiger charge is 2.31. The lowest BCUT2D eigenvalue weighted by Gasteiger charge is -2.28. The maximum Gasteiger partial charge on any atom is 0.411 e. The maximum atomic E-state index is 12.9. The number of ether oxygens (including phenoxy) is 1. The minimum absolute atomic E-state index is 0.0860. The zero-order valence-electron chi connectivity index (χ0n) is 16.0. The van der Waals surface area contributed by atoms with Gasteiger partial charge in [0.2, 0.25) is 0 Å². The van der Waals surface area contributed by atoms with Crippen LogP contribution in [0.1, 0.15) is 16.7 Å². The summed E-state index contributed by atoms with van der Waals surface area (Å²) >= 11 is 0. The third-order valence-corrected chi connectivity index (χ3v) is 4.57. The summed E-state index contributed by atoms with van der Waals surface area (Å²) in [6, 6.07) is 26.9. The molecule has 3 aromatic rings. The summed E-state index contributed by atoms with van der Waals surface area (Å²) in [5, 5.41) is 9.87. The molecule has 5 heteroatoms. The molecule has 29 heavy (non-hydrogen) atoms. The molecule has 3 rings (SSSR count). The number of carbonyl (C=O) groups is 2. The zero-order valence-corrected chi connectivity index (χ0v) is 16.0. The SMILES string of the molecule is O=C(O)C(Cc1ccccc1)N(Cc1ccccc1)C(=O)OCc1ccccc1. The highest BCUT2D eigenvalue weighted by Crippen LogP contribution is 2.16. The molecule has 3 aromatic carbocycles. The van der Waals surface area contributed by atoms with Gasteiger partial charge in [-0.2, -0.15) is 0 Å². The van der Waals surface area contributed by atoms with Gasteiger partial charge in [-0.1, -0.05) is 91.0 Å². The highest BCUT2D eigenvalue weighted by atomic mass is 16.6. The first-order chi connectivity index (χ1) is 14.1. The Morgan fingerprint density at radius 3 is 1.76 bits per heavy atom. The molecule has 0 spiro atoms. The van der Waals surface area contributed by atoms with Crippen LogP contribution in [0.5, 0.6) is 0 Å². The largest absolute Gasteiger partial charge is 0.480 e. The molecular weight excluding hydrogens is 366 g/mol. The topological polar surface area (TPSA) is 66.8 Å². The molecule has 1 atom stereocenters. The Hall–Kier alpha value is -3.60. The number of aliphatic carboxylic acids is 1. The Labute approximate surface area is 170 Å². The predicted molar refractivity (Wildman–Crippen MR) is 110 cm³/mol. The summed E-state index contributed by atoms with van der Waals surface area (Å²) in [4.78, 5) is 26.2. The molecule has 0 aliphatic rings. The molecule has 1 N–H and O–H groups in total. The summed E-state index contributed by atoms with van der Waals surface area (Å²) in [5.41, 5.74) is 2.52. The standard InChI is InChI=1S/C24H23NO4/c26-23(27)22(16-19-10-4-1-5-11-19)25(17-20-12-6-2-7-13-20)24(28)29-18-21-14-8-3-9-15-21/h1-15,22H,16-18H2,(H,26,27). The van der Waals surface area contributed by atoms with E-state index in [0.29, 0.717) is 0 Å². The first-order valence-corrected chi connectivity index (χ1v) is 9.41. The van der Waals surface area contributed by atoms with E-state index in [9.17, 15) is 14.7 Å². The number of nitrogens with zero attached hydrogens (tertiary/aromatic N) is 1. The number of hydrogen-bond acceptors (Lipinski definition) is 3. The molecule has 0 fully saturated rings. The van der Waals surface area contributed by atoms with E-state index in [1.165, 1.54) is 4.90 Å². The van der Waals surface area contributed by atoms with Crippen molar-refractivity contribution in [1.29, 1.82) is 0 Å². The Morgan fingerprint density at radius 1 is 0.759 bits per heavy atom. The summed E-state index contributed by atoms with van der Waals surface area (Å²) in [5.74, 6) is -1.07. The number of benzene rings is 3. The van der Waals surface area contributed by atoms with Crippen molar-refractivity contribution in [2.75, 3.05) is 0 Å². The number of carboxylic acids is 1. The Balaban J connectivity index is 1.81. The molecule has 0 aliphatic carbocycles. The van der Waals surface area contributed by atoms with Gasteiger partial charge in [0.1, 0.15) is 12.6 Å². The smallest absolute Gasteiger partial charge is 0.411 e. The minimum Gasteiger partial charge on any atom is -0.480 e. The average Bonchev–Trinajstić information content (AvgIpc) is 2.76. The molecule has 0 heterocycles. The summed E-state index contributed by atoms with van der Waals surface area (Å²) in [7, 11) is 0. The number of carbonyl (C=O) groups excluding carboxylic acids is 1. The van der Waals surface area contributed by atoms with Crippen molar-refractivity contribution in [3.8, 4) is 0 Å². The number of hydrogen-bond donors (Lipinski definition) is 1. The second kappa shape index (κ2) is 10.1. The predicted octanol–water partition coefficient (Wildman–Crippen LogP) is 4.52. The third-order valence-electron chi connectivity index (χ3n) is 4.57. The van der Waals surface area contributed by atoms with Gasteiger partial charge in [-0.05, 0) is 16.7 Å². The quantitative estimate of drug-likeness (QED) is 0.615. The van der Waals surface area contributed by atoms with Crippen LogP contribution in [-0.2, 0) is 29.1 Å². The van der Waals surface area contributed by atoms with E-state index in [0.717, 1.165) is 16.7 Å². The normalized spacial score (nSPS) is 11.4. The van der Waals surface area contributed by atoms with Crippen molar-refractivity contribution in [1.82, 2.24) is 4.90 Å². The molecule has 0 aromatic heterocycles. The number of amides is 1. The molecule has 0 aliphatic heterocycles. The third kappa shape index (κ3) is 5.94. The van der Waals surface area contributed by atoms with Crippen LogP contribution in [0.3, 0.4) is 0 Å². The first kappa shape index (κ1) is 20.1. The Morgan fingerprint density at radius 2 is 1.24 bits per heavy atom. The maximum absolute atomic E-state index is 12.9. The monoisotopic (exact) mass is 389 g/mol. The van der Waals surface area contributed by atoms with Crippen LogP contribution in [0.15, 0.2) is 91.0 Å². The van der Waals surface area contributed by atoms with Crippen LogP contribution in [0.2, 0.25) is 0 Å². The Bertz CT molecular complexity index is 913. The lowest BCUT2D eigenvalue weighted by Crippen LogP contribution is -2.46. The van der Waals surface area contributed by atoms with E-state index in [4.69, 9.17) is 4.74 Å². The van der Waals surface area contributed by atoms with Crippen molar-refractivity contribution < 1.29 is 19.4 Å². The summed E-state index contributed by atoms with van der Waals surface area (Å²) in [6.45, 7) is 0.237. The Kier molecular flexibility index (Phi) is 7.00. The van der Waals surface area contributed by atoms with Crippen LogP contribution < -0.4 is 0 Å². The van der Waals surface area contributed by atoms with Gasteiger partial charge in [-0.15, -0.1) is 0 Å². The molecule has 0 saturated carbocycles. The summed E-state index contributed by atoms with van der Waals surface area (Å²) < 4.78 is 5.45. The van der Waals surface area contributed by atoms with Gasteiger partial charge in [0.15, 0.2) is 0 Å². The molecule has 0 saturated heterocycles. The molecule has 1 amide bonds. The summed E-state index contributed by atoms with van der Waals surface area (Å²) in [6.07, 6.45) is -0.454. The van der Waals surface area contributed by atoms with E-state index < -0.39 is 18.1 Å². The van der Waals surface area contributed by atoms with Crippen LogP contribution in [0.4, 0.5) is 4.79 Å². The fourth-order valence-corrected chi connectivity index (χ4v) is 3.05. The fraction of sp³-hybridized carbons (Fsp3) is 0.167. The second-order valence-corrected chi connectivity index (χ2v) is 6.70.